The van der Waals surface area contributed by atoms with Gasteiger partial charge in [-0.3, -0.25) is 0 Å². The van der Waals surface area contributed by atoms with Gasteiger partial charge in [-0.1, -0.05) is 36.4 Å². The molecule has 0 radical (unpaired) electrons. The van der Waals surface area contributed by atoms with Gasteiger partial charge in [-0.05, 0) is 17.7 Å². The summed E-state index contributed by atoms with van der Waals surface area (Å²) in [6.45, 7) is 4.44. The fraction of sp³-hybridized carbons (Fsp3) is 0.0769. The Morgan fingerprint density at radius 1 is 1.33 bits per heavy atom. The van der Waals surface area contributed by atoms with Gasteiger partial charge in [0.2, 0.25) is 0 Å². The second kappa shape index (κ2) is 4.51. The summed E-state index contributed by atoms with van der Waals surface area (Å²) in [5.41, 5.74) is 2.32. The molecule has 15 heavy (non-hydrogen) atoms. The Hall–Kier alpha value is -1.96. The molecule has 0 bridgehead atoms. The lowest BCUT2D eigenvalue weighted by atomic mass is 10.2. The molecule has 2 nitrogen and oxygen atoms in total. The first-order valence-electron chi connectivity index (χ1n) is 4.99. The molecular formula is C13H14N2. The third-order valence-electron chi connectivity index (χ3n) is 2.21. The van der Waals surface area contributed by atoms with E-state index < -0.39 is 0 Å². The van der Waals surface area contributed by atoms with E-state index in [-0.39, 0.29) is 0 Å². The Balaban J connectivity index is 2.19. The summed E-state index contributed by atoms with van der Waals surface area (Å²) < 4.78 is 0. The summed E-state index contributed by atoms with van der Waals surface area (Å²) in [4.78, 5) is 0. The highest BCUT2D eigenvalue weighted by Gasteiger charge is 2.02. The molecule has 1 aliphatic rings. The number of nitrogens with one attached hydrogen (secondary N) is 2. The molecule has 2 heteroatoms. The monoisotopic (exact) mass is 198 g/mol. The van der Waals surface area contributed by atoms with E-state index in [1.165, 1.54) is 5.56 Å². The summed E-state index contributed by atoms with van der Waals surface area (Å²) in [6, 6.07) is 8.21. The van der Waals surface area contributed by atoms with Crippen LogP contribution in [0.1, 0.15) is 5.56 Å². The lowest BCUT2D eigenvalue weighted by Gasteiger charge is -2.12. The van der Waals surface area contributed by atoms with Gasteiger partial charge in [-0.25, -0.2) is 0 Å². The molecule has 1 aliphatic heterocycles. The van der Waals surface area contributed by atoms with Crippen molar-refractivity contribution in [2.75, 3.05) is 11.9 Å². The second-order valence-electron chi connectivity index (χ2n) is 3.32. The SMILES string of the molecule is C=CCNC1=CC=Cc2ccccc2N1. The summed E-state index contributed by atoms with van der Waals surface area (Å²) in [5, 5.41) is 6.57. The van der Waals surface area contributed by atoms with E-state index in [4.69, 9.17) is 0 Å². The molecule has 0 aliphatic carbocycles. The fourth-order valence-electron chi connectivity index (χ4n) is 1.48. The van der Waals surface area contributed by atoms with E-state index in [1.54, 1.807) is 0 Å². The molecule has 0 amide bonds. The second-order valence-corrected chi connectivity index (χ2v) is 3.32. The molecule has 0 saturated carbocycles. The van der Waals surface area contributed by atoms with Gasteiger partial charge in [0.15, 0.2) is 0 Å². The van der Waals surface area contributed by atoms with Crippen molar-refractivity contribution in [1.29, 1.82) is 0 Å². The van der Waals surface area contributed by atoms with Gasteiger partial charge in [-0.2, -0.15) is 0 Å². The van der Waals surface area contributed by atoms with E-state index in [2.05, 4.69) is 35.4 Å². The zero-order valence-corrected chi connectivity index (χ0v) is 8.53. The van der Waals surface area contributed by atoms with Crippen LogP contribution in [0, 0.1) is 0 Å². The largest absolute Gasteiger partial charge is 0.368 e. The first kappa shape index (κ1) is 9.59. The first-order chi connectivity index (χ1) is 7.40. The number of hydrogen-bond acceptors (Lipinski definition) is 2. The summed E-state index contributed by atoms with van der Waals surface area (Å²) in [5.74, 6) is 0.996. The van der Waals surface area contributed by atoms with Gasteiger partial charge in [0, 0.05) is 12.2 Å². The van der Waals surface area contributed by atoms with Crippen molar-refractivity contribution < 1.29 is 0 Å². The molecule has 1 heterocycles. The summed E-state index contributed by atoms with van der Waals surface area (Å²) >= 11 is 0. The normalized spacial score (nSPS) is 13.2. The van der Waals surface area contributed by atoms with Crippen molar-refractivity contribution in [3.8, 4) is 0 Å². The fourth-order valence-corrected chi connectivity index (χ4v) is 1.48. The predicted molar refractivity (Wildman–Crippen MR) is 65.4 cm³/mol. The molecule has 76 valence electrons. The molecule has 0 saturated heterocycles. The van der Waals surface area contributed by atoms with Gasteiger partial charge in [0.05, 0.1) is 0 Å². The molecular weight excluding hydrogens is 184 g/mol. The highest BCUT2D eigenvalue weighted by Crippen LogP contribution is 2.20. The van der Waals surface area contributed by atoms with Crippen molar-refractivity contribution in [1.82, 2.24) is 5.32 Å². The van der Waals surface area contributed by atoms with Crippen LogP contribution in [0.25, 0.3) is 6.08 Å². The highest BCUT2D eigenvalue weighted by molar-refractivity contribution is 5.70. The van der Waals surface area contributed by atoms with Crippen LogP contribution in [0.3, 0.4) is 0 Å². The van der Waals surface area contributed by atoms with E-state index >= 15 is 0 Å². The average Bonchev–Trinajstić information content (AvgIpc) is 2.47. The smallest absolute Gasteiger partial charge is 0.103 e. The zero-order chi connectivity index (χ0) is 10.5. The van der Waals surface area contributed by atoms with Crippen LogP contribution in [-0.2, 0) is 0 Å². The maximum Gasteiger partial charge on any atom is 0.103 e. The lowest BCUT2D eigenvalue weighted by Crippen LogP contribution is -2.19. The van der Waals surface area contributed by atoms with Crippen LogP contribution >= 0.6 is 0 Å². The van der Waals surface area contributed by atoms with Crippen molar-refractivity contribution in [2.45, 2.75) is 0 Å². The van der Waals surface area contributed by atoms with Crippen molar-refractivity contribution in [3.05, 3.63) is 60.5 Å². The van der Waals surface area contributed by atoms with E-state index in [1.807, 2.05) is 30.4 Å². The number of fused-ring (bicyclic) bond motifs is 1. The molecule has 1 aromatic rings. The number of hydrogen-bond donors (Lipinski definition) is 2. The van der Waals surface area contributed by atoms with Crippen molar-refractivity contribution in [3.63, 3.8) is 0 Å². The van der Waals surface area contributed by atoms with Gasteiger partial charge < -0.3 is 10.6 Å². The standard InChI is InChI=1S/C13H14N2/c1-2-10-14-13-9-5-7-11-6-3-4-8-12(11)15-13/h2-9,14-15H,1,10H2. The molecule has 0 unspecified atom stereocenters. The number of para-hydroxylation sites is 1. The lowest BCUT2D eigenvalue weighted by molar-refractivity contribution is 0.913. The quantitative estimate of drug-likeness (QED) is 0.730. The molecule has 0 fully saturated rings. The molecule has 1 aromatic carbocycles. The number of anilines is 1. The van der Waals surface area contributed by atoms with Crippen LogP contribution in [0.4, 0.5) is 5.69 Å². The first-order valence-corrected chi connectivity index (χ1v) is 4.99. The number of allylic oxidation sites excluding steroid dienone is 2. The molecule has 0 spiro atoms. The minimum Gasteiger partial charge on any atom is -0.368 e. The van der Waals surface area contributed by atoms with Gasteiger partial charge >= 0.3 is 0 Å². The van der Waals surface area contributed by atoms with Crippen molar-refractivity contribution >= 4 is 11.8 Å². The third kappa shape index (κ3) is 2.29. The van der Waals surface area contributed by atoms with Crippen molar-refractivity contribution in [2.24, 2.45) is 0 Å². The van der Waals surface area contributed by atoms with Crippen LogP contribution in [0.15, 0.2) is 54.9 Å². The molecule has 0 atom stereocenters. The Bertz CT molecular complexity index is 416. The number of rotatable bonds is 3. The molecule has 2 N–H and O–H groups in total. The Labute approximate surface area is 90.0 Å². The van der Waals surface area contributed by atoms with E-state index in [0.717, 1.165) is 18.1 Å². The topological polar surface area (TPSA) is 24.1 Å². The van der Waals surface area contributed by atoms with Crippen LogP contribution in [0.5, 0.6) is 0 Å². The third-order valence-corrected chi connectivity index (χ3v) is 2.21. The Kier molecular flexibility index (Phi) is 2.88. The minimum atomic E-state index is 0.759. The Morgan fingerprint density at radius 2 is 2.20 bits per heavy atom. The number of benzene rings is 1. The van der Waals surface area contributed by atoms with Crippen LogP contribution in [0.2, 0.25) is 0 Å². The van der Waals surface area contributed by atoms with Gasteiger partial charge in [0.1, 0.15) is 5.82 Å². The van der Waals surface area contributed by atoms with Gasteiger partial charge in [0.25, 0.3) is 0 Å². The zero-order valence-electron chi connectivity index (χ0n) is 8.53. The highest BCUT2D eigenvalue weighted by atomic mass is 15.1. The Morgan fingerprint density at radius 3 is 3.07 bits per heavy atom. The van der Waals surface area contributed by atoms with Gasteiger partial charge in [-0.15, -0.1) is 6.58 Å². The van der Waals surface area contributed by atoms with E-state index in [0.29, 0.717) is 0 Å². The van der Waals surface area contributed by atoms with Crippen LogP contribution in [-0.4, -0.2) is 6.54 Å². The van der Waals surface area contributed by atoms with E-state index in [9.17, 15) is 0 Å². The summed E-state index contributed by atoms with van der Waals surface area (Å²) in [6.07, 6.45) is 7.97. The maximum atomic E-state index is 3.68. The summed E-state index contributed by atoms with van der Waals surface area (Å²) in [7, 11) is 0. The average molecular weight is 198 g/mol. The predicted octanol–water partition coefficient (Wildman–Crippen LogP) is 2.74. The minimum absolute atomic E-state index is 0.759. The maximum absolute atomic E-state index is 3.68. The molecule has 0 aromatic heterocycles. The van der Waals surface area contributed by atoms with Crippen LogP contribution < -0.4 is 10.6 Å². The molecule has 2 rings (SSSR count).